The third kappa shape index (κ3) is 4.06. The first kappa shape index (κ1) is 18.9. The maximum absolute atomic E-state index is 12.5. The summed E-state index contributed by atoms with van der Waals surface area (Å²) in [4.78, 5) is 31.5. The Kier molecular flexibility index (Phi) is 5.42. The molecule has 1 atom stereocenters. The minimum absolute atomic E-state index is 0.0192. The van der Waals surface area contributed by atoms with Gasteiger partial charge in [-0.3, -0.25) is 14.6 Å². The number of fused-ring (bicyclic) bond motifs is 1. The number of amides is 2. The predicted molar refractivity (Wildman–Crippen MR) is 111 cm³/mol. The van der Waals surface area contributed by atoms with E-state index >= 15 is 0 Å². The van der Waals surface area contributed by atoms with Crippen LogP contribution in [0.25, 0.3) is 10.9 Å². The summed E-state index contributed by atoms with van der Waals surface area (Å²) in [5, 5.41) is 3.53. The van der Waals surface area contributed by atoms with Crippen molar-refractivity contribution < 1.29 is 14.3 Å². The van der Waals surface area contributed by atoms with Crippen molar-refractivity contribution in [3.05, 3.63) is 71.9 Å². The summed E-state index contributed by atoms with van der Waals surface area (Å²) in [7, 11) is 1.62. The molecule has 0 bridgehead atoms. The first-order chi connectivity index (χ1) is 14.2. The van der Waals surface area contributed by atoms with Gasteiger partial charge in [-0.1, -0.05) is 36.4 Å². The quantitative estimate of drug-likeness (QED) is 0.728. The fourth-order valence-corrected chi connectivity index (χ4v) is 3.71. The van der Waals surface area contributed by atoms with E-state index in [2.05, 4.69) is 5.32 Å². The number of aromatic nitrogens is 1. The molecule has 1 aromatic heterocycles. The normalized spacial score (nSPS) is 16.0. The van der Waals surface area contributed by atoms with Gasteiger partial charge in [0, 0.05) is 37.1 Å². The molecule has 2 aromatic carbocycles. The van der Waals surface area contributed by atoms with Gasteiger partial charge in [-0.15, -0.1) is 0 Å². The molecule has 0 radical (unpaired) electrons. The number of ether oxygens (including phenoxy) is 1. The number of carbonyl (C=O) groups is 2. The Morgan fingerprint density at radius 2 is 1.90 bits per heavy atom. The largest absolute Gasteiger partial charge is 0.484 e. The van der Waals surface area contributed by atoms with Gasteiger partial charge in [-0.25, -0.2) is 0 Å². The average molecular weight is 389 g/mol. The molecular weight excluding hydrogens is 366 g/mol. The van der Waals surface area contributed by atoms with E-state index in [0.717, 1.165) is 23.0 Å². The highest BCUT2D eigenvalue weighted by Gasteiger charge is 2.29. The molecular formula is C23H23N3O3. The molecule has 1 aliphatic heterocycles. The second kappa shape index (κ2) is 8.31. The van der Waals surface area contributed by atoms with Gasteiger partial charge >= 0.3 is 0 Å². The van der Waals surface area contributed by atoms with Crippen molar-refractivity contribution in [2.45, 2.75) is 12.3 Å². The van der Waals surface area contributed by atoms with Gasteiger partial charge in [0.2, 0.25) is 0 Å². The number of likely N-dealkylation sites (tertiary alicyclic amines) is 1. The van der Waals surface area contributed by atoms with E-state index in [1.807, 2.05) is 65.6 Å². The number of hydrogen-bond donors (Lipinski definition) is 1. The summed E-state index contributed by atoms with van der Waals surface area (Å²) in [6.07, 6.45) is 0.815. The number of pyridine rings is 1. The highest BCUT2D eigenvalue weighted by Crippen LogP contribution is 2.29. The van der Waals surface area contributed by atoms with Gasteiger partial charge in [0.25, 0.3) is 11.8 Å². The fourth-order valence-electron chi connectivity index (χ4n) is 3.71. The molecule has 1 unspecified atom stereocenters. The molecule has 2 heterocycles. The third-order valence-electron chi connectivity index (χ3n) is 5.27. The predicted octanol–water partition coefficient (Wildman–Crippen LogP) is 2.99. The van der Waals surface area contributed by atoms with E-state index in [1.165, 1.54) is 0 Å². The molecule has 6 heteroatoms. The average Bonchev–Trinajstić information content (AvgIpc) is 3.27. The molecule has 1 fully saturated rings. The van der Waals surface area contributed by atoms with E-state index in [9.17, 15) is 9.59 Å². The number of hydrogen-bond acceptors (Lipinski definition) is 4. The minimum atomic E-state index is -0.132. The van der Waals surface area contributed by atoms with Crippen molar-refractivity contribution in [2.24, 2.45) is 0 Å². The van der Waals surface area contributed by atoms with Crippen LogP contribution in [0.1, 0.15) is 28.4 Å². The fraction of sp³-hybridized carbons (Fsp3) is 0.261. The van der Waals surface area contributed by atoms with Crippen molar-refractivity contribution in [2.75, 3.05) is 26.7 Å². The number of para-hydroxylation sites is 2. The lowest BCUT2D eigenvalue weighted by atomic mass is 9.99. The Bertz CT molecular complexity index is 1040. The SMILES string of the molecule is CNC(=O)c1cc(C2CCN(C(=O)COc3ccccc3)C2)nc2ccccc12. The lowest BCUT2D eigenvalue weighted by Gasteiger charge is -2.17. The zero-order chi connectivity index (χ0) is 20.2. The van der Waals surface area contributed by atoms with Crippen molar-refractivity contribution in [1.82, 2.24) is 15.2 Å². The van der Waals surface area contributed by atoms with Gasteiger partial charge in [0.05, 0.1) is 11.1 Å². The number of nitrogens with one attached hydrogen (secondary N) is 1. The zero-order valence-corrected chi connectivity index (χ0v) is 16.3. The number of rotatable bonds is 5. The van der Waals surface area contributed by atoms with Crippen LogP contribution in [0.2, 0.25) is 0 Å². The Balaban J connectivity index is 1.49. The molecule has 0 spiro atoms. The van der Waals surface area contributed by atoms with Crippen molar-refractivity contribution >= 4 is 22.7 Å². The first-order valence-electron chi connectivity index (χ1n) is 9.73. The molecule has 2 amide bonds. The minimum Gasteiger partial charge on any atom is -0.484 e. The molecule has 6 nitrogen and oxygen atoms in total. The molecule has 1 N–H and O–H groups in total. The lowest BCUT2D eigenvalue weighted by Crippen LogP contribution is -2.33. The Morgan fingerprint density at radius 1 is 1.14 bits per heavy atom. The molecule has 1 aliphatic rings. The Morgan fingerprint density at radius 3 is 2.69 bits per heavy atom. The van der Waals surface area contributed by atoms with Crippen LogP contribution >= 0.6 is 0 Å². The topological polar surface area (TPSA) is 71.5 Å². The van der Waals surface area contributed by atoms with Crippen LogP contribution in [0.15, 0.2) is 60.7 Å². The molecule has 29 heavy (non-hydrogen) atoms. The van der Waals surface area contributed by atoms with Gasteiger partial charge in [0.15, 0.2) is 6.61 Å². The number of benzene rings is 2. The summed E-state index contributed by atoms with van der Waals surface area (Å²) in [6.45, 7) is 1.26. The van der Waals surface area contributed by atoms with Crippen LogP contribution in [0.4, 0.5) is 0 Å². The molecule has 3 aromatic rings. The molecule has 0 aliphatic carbocycles. The summed E-state index contributed by atoms with van der Waals surface area (Å²) < 4.78 is 5.58. The number of nitrogens with zero attached hydrogens (tertiary/aromatic N) is 2. The van der Waals surface area contributed by atoms with E-state index in [0.29, 0.717) is 24.4 Å². The van der Waals surface area contributed by atoms with Gasteiger partial charge in [0.1, 0.15) is 5.75 Å². The molecule has 0 saturated carbocycles. The smallest absolute Gasteiger partial charge is 0.260 e. The van der Waals surface area contributed by atoms with Crippen molar-refractivity contribution in [3.63, 3.8) is 0 Å². The highest BCUT2D eigenvalue weighted by atomic mass is 16.5. The molecule has 1 saturated heterocycles. The van der Waals surface area contributed by atoms with Crippen molar-refractivity contribution in [1.29, 1.82) is 0 Å². The van der Waals surface area contributed by atoms with Crippen LogP contribution < -0.4 is 10.1 Å². The van der Waals surface area contributed by atoms with Gasteiger partial charge in [-0.05, 0) is 30.7 Å². The number of carbonyl (C=O) groups excluding carboxylic acids is 2. The summed E-state index contributed by atoms with van der Waals surface area (Å²) in [5.74, 6) is 0.613. The second-order valence-electron chi connectivity index (χ2n) is 7.12. The molecule has 148 valence electrons. The van der Waals surface area contributed by atoms with Crippen LogP contribution in [-0.2, 0) is 4.79 Å². The van der Waals surface area contributed by atoms with E-state index in [1.54, 1.807) is 7.05 Å². The van der Waals surface area contributed by atoms with Gasteiger partial charge in [-0.2, -0.15) is 0 Å². The highest BCUT2D eigenvalue weighted by molar-refractivity contribution is 6.06. The zero-order valence-electron chi connectivity index (χ0n) is 16.3. The second-order valence-corrected chi connectivity index (χ2v) is 7.12. The summed E-state index contributed by atoms with van der Waals surface area (Å²) in [5.41, 5.74) is 2.26. The van der Waals surface area contributed by atoms with E-state index < -0.39 is 0 Å². The standard InChI is InChI=1S/C23H23N3O3/c1-24-23(28)19-13-21(25-20-10-6-5-9-18(19)20)16-11-12-26(14-16)22(27)15-29-17-7-3-2-4-8-17/h2-10,13,16H,11-12,14-15H2,1H3,(H,24,28). The van der Waals surface area contributed by atoms with Crippen LogP contribution in [0, 0.1) is 0 Å². The third-order valence-corrected chi connectivity index (χ3v) is 5.27. The van der Waals surface area contributed by atoms with Crippen molar-refractivity contribution in [3.8, 4) is 5.75 Å². The van der Waals surface area contributed by atoms with Crippen LogP contribution in [0.5, 0.6) is 5.75 Å². The first-order valence-corrected chi connectivity index (χ1v) is 9.73. The van der Waals surface area contributed by atoms with Crippen LogP contribution in [-0.4, -0.2) is 48.4 Å². The Hall–Kier alpha value is -3.41. The maximum atomic E-state index is 12.5. The van der Waals surface area contributed by atoms with Crippen LogP contribution in [0.3, 0.4) is 0 Å². The summed E-state index contributed by atoms with van der Waals surface area (Å²) >= 11 is 0. The summed E-state index contributed by atoms with van der Waals surface area (Å²) in [6, 6.07) is 18.8. The molecule has 4 rings (SSSR count). The Labute approximate surface area is 169 Å². The van der Waals surface area contributed by atoms with E-state index in [-0.39, 0.29) is 24.3 Å². The van der Waals surface area contributed by atoms with Gasteiger partial charge < -0.3 is 15.0 Å². The lowest BCUT2D eigenvalue weighted by molar-refractivity contribution is -0.132. The van der Waals surface area contributed by atoms with E-state index in [4.69, 9.17) is 9.72 Å². The maximum Gasteiger partial charge on any atom is 0.260 e. The monoisotopic (exact) mass is 389 g/mol.